The molecule has 6 aromatic rings. The Labute approximate surface area is 331 Å². The van der Waals surface area contributed by atoms with Crippen molar-refractivity contribution in [1.82, 2.24) is 0 Å². The number of halogens is 12. The Kier molecular flexibility index (Phi) is 10.7. The maximum Gasteiger partial charge on any atom is 0.311 e. The molecule has 2 aliphatic heterocycles. The molecule has 2 heterocycles. The molecule has 0 aromatic heterocycles. The minimum absolute atomic E-state index is 0.194. The van der Waals surface area contributed by atoms with Crippen molar-refractivity contribution in [2.75, 3.05) is 5.34 Å². The van der Waals surface area contributed by atoms with Crippen LogP contribution in [0, 0.1) is 58.2 Å². The quantitative estimate of drug-likeness (QED) is 0.0521. The van der Waals surface area contributed by atoms with Gasteiger partial charge in [0, 0.05) is 23.7 Å². The molecule has 0 radical (unpaired) electrons. The monoisotopic (exact) mass is 851 g/mol. The third-order valence-corrected chi connectivity index (χ3v) is 16.6. The molecule has 17 heteroatoms. The van der Waals surface area contributed by atoms with E-state index in [2.05, 4.69) is 0 Å². The van der Waals surface area contributed by atoms with E-state index in [4.69, 9.17) is 27.9 Å². The van der Waals surface area contributed by atoms with Gasteiger partial charge in [0.1, 0.15) is 34.3 Å². The largest absolute Gasteiger partial charge is 0.698 e. The fourth-order valence-electron chi connectivity index (χ4n) is 9.02. The van der Waals surface area contributed by atoms with Crippen molar-refractivity contribution in [2.24, 2.45) is 0 Å². The van der Waals surface area contributed by atoms with E-state index >= 15 is 35.1 Å². The molecular formula is C40H28B2Cl2F10NOP. The van der Waals surface area contributed by atoms with E-state index in [9.17, 15) is 8.78 Å². The Morgan fingerprint density at radius 1 is 0.544 bits per heavy atom. The van der Waals surface area contributed by atoms with E-state index in [1.54, 1.807) is 92.7 Å². The van der Waals surface area contributed by atoms with Gasteiger partial charge in [-0.1, -0.05) is 97.0 Å². The van der Waals surface area contributed by atoms with Gasteiger partial charge in [0.05, 0.1) is 15.9 Å². The van der Waals surface area contributed by atoms with Crippen LogP contribution in [-0.2, 0) is 5.41 Å². The third kappa shape index (κ3) is 5.88. The molecule has 0 unspecified atom stereocenters. The van der Waals surface area contributed by atoms with Crippen LogP contribution in [-0.4, -0.2) is 18.8 Å². The van der Waals surface area contributed by atoms with E-state index < -0.39 is 101 Å². The lowest BCUT2D eigenvalue weighted by Crippen LogP contribution is -3.13. The van der Waals surface area contributed by atoms with Crippen molar-refractivity contribution in [3.63, 3.8) is 0 Å². The van der Waals surface area contributed by atoms with Gasteiger partial charge in [-0.3, -0.25) is 0 Å². The van der Waals surface area contributed by atoms with Gasteiger partial charge >= 0.3 is 7.13 Å². The molecule has 0 amide bonds. The maximum atomic E-state index is 16.6. The first-order valence-electron chi connectivity index (χ1n) is 17.5. The van der Waals surface area contributed by atoms with Crippen molar-refractivity contribution >= 4 is 76.1 Å². The average molecular weight is 852 g/mol. The SMILES string of the molecule is CC1(C)c2cccc3c2Oc2c1cccc2[P+](c1ccccc1)(c1ccccc1)[BH2-][NH2+][B-]3(c1c(F)c(F)c(F)c(F)c1F)c1c(F)c(F)c(F)c(F)c1F.ClCCl. The van der Waals surface area contributed by atoms with Crippen LogP contribution in [0.2, 0.25) is 0 Å². The fourth-order valence-corrected chi connectivity index (χ4v) is 14.1. The van der Waals surface area contributed by atoms with E-state index in [0.29, 0.717) is 27.2 Å². The van der Waals surface area contributed by atoms with Crippen LogP contribution in [0.3, 0.4) is 0 Å². The van der Waals surface area contributed by atoms with Crippen LogP contribution < -0.4 is 42.2 Å². The lowest BCUT2D eigenvalue weighted by Gasteiger charge is -2.45. The van der Waals surface area contributed by atoms with E-state index in [0.717, 1.165) is 11.2 Å². The number of rotatable bonds is 4. The van der Waals surface area contributed by atoms with Crippen molar-refractivity contribution < 1.29 is 53.8 Å². The third-order valence-electron chi connectivity index (χ3n) is 11.5. The molecule has 2 N–H and O–H groups in total. The highest BCUT2D eigenvalue weighted by atomic mass is 35.5. The van der Waals surface area contributed by atoms with Gasteiger partial charge < -0.3 is 9.88 Å². The lowest BCUT2D eigenvalue weighted by molar-refractivity contribution is -0.355. The molecule has 0 saturated heterocycles. The molecule has 8 rings (SSSR count). The second-order valence-electron chi connectivity index (χ2n) is 14.4. The highest BCUT2D eigenvalue weighted by Gasteiger charge is 2.55. The van der Waals surface area contributed by atoms with E-state index in [1.165, 1.54) is 6.07 Å². The van der Waals surface area contributed by atoms with Crippen LogP contribution >= 0.6 is 30.3 Å². The van der Waals surface area contributed by atoms with Gasteiger partial charge in [-0.25, -0.2) is 43.9 Å². The lowest BCUT2D eigenvalue weighted by atomic mass is 9.22. The van der Waals surface area contributed by atoms with Crippen molar-refractivity contribution in [3.8, 4) is 11.5 Å². The summed E-state index contributed by atoms with van der Waals surface area (Å²) < 4.78 is 165. The van der Waals surface area contributed by atoms with Gasteiger partial charge in [0.15, 0.2) is 40.7 Å². The first-order valence-corrected chi connectivity index (χ1v) is 20.8. The molecule has 294 valence electrons. The highest BCUT2D eigenvalue weighted by Crippen LogP contribution is 2.58. The molecule has 0 aliphatic carbocycles. The molecule has 57 heavy (non-hydrogen) atoms. The van der Waals surface area contributed by atoms with Gasteiger partial charge in [0.2, 0.25) is 0 Å². The van der Waals surface area contributed by atoms with Crippen molar-refractivity contribution in [1.29, 1.82) is 0 Å². The number of para-hydroxylation sites is 2. The minimum Gasteiger partial charge on any atom is -0.698 e. The van der Waals surface area contributed by atoms with Crippen LogP contribution in [0.5, 0.6) is 11.5 Å². The van der Waals surface area contributed by atoms with Crippen molar-refractivity contribution in [3.05, 3.63) is 166 Å². The topological polar surface area (TPSA) is 25.8 Å². The number of quaternary nitrogens is 1. The van der Waals surface area contributed by atoms with E-state index in [1.807, 2.05) is 6.07 Å². The number of ether oxygens (including phenoxy) is 1. The summed E-state index contributed by atoms with van der Waals surface area (Å²) >= 11 is 9.53. The number of hydrogen-bond donors (Lipinski definition) is 1. The summed E-state index contributed by atoms with van der Waals surface area (Å²) in [6.45, 7) is 3.57. The summed E-state index contributed by atoms with van der Waals surface area (Å²) in [5.41, 5.74) is -4.19. The second-order valence-corrected chi connectivity index (χ2v) is 19.2. The molecule has 0 fully saturated rings. The maximum absolute atomic E-state index is 16.6. The standard InChI is InChI=1S/C39H26B2F10NOP.CH2Cl2/c1-39(2)21-15-9-17-23-37(21)53-38-22(39)16-10-18-24(38)54(19-11-5-3-6-12-19,20-13-7-4-8-14-20)40-52-41(23,25-27(42)31(46)35(50)32(47)28(25)43)26-29(44)33(48)36(51)34(49)30(26)45;2-1-3/h3-18H,40,52H2,1-2H3;1H2. The zero-order chi connectivity index (χ0) is 41.2. The Hall–Kier alpha value is -4.48. The van der Waals surface area contributed by atoms with Crippen LogP contribution in [0.1, 0.15) is 25.0 Å². The van der Waals surface area contributed by atoms with Crippen molar-refractivity contribution in [2.45, 2.75) is 19.3 Å². The number of nitrogens with two attached hydrogens (primary N) is 1. The average Bonchev–Trinajstić information content (AvgIpc) is 3.26. The molecule has 0 atom stereocenters. The predicted octanol–water partition coefficient (Wildman–Crippen LogP) is 6.77. The molecule has 2 bridgehead atoms. The van der Waals surface area contributed by atoms with Gasteiger partial charge in [0.25, 0.3) is 6.28 Å². The second kappa shape index (κ2) is 15.0. The summed E-state index contributed by atoms with van der Waals surface area (Å²) in [6.07, 6.45) is -4.48. The Morgan fingerprint density at radius 3 is 1.37 bits per heavy atom. The summed E-state index contributed by atoms with van der Waals surface area (Å²) in [5.74, 6) is -25.0. The Morgan fingerprint density at radius 2 is 0.930 bits per heavy atom. The van der Waals surface area contributed by atoms with Gasteiger partial charge in [-0.15, -0.1) is 23.2 Å². The Bertz CT molecular complexity index is 2400. The molecule has 0 spiro atoms. The summed E-state index contributed by atoms with van der Waals surface area (Å²) in [7, 11) is -5.54. The molecule has 0 saturated carbocycles. The summed E-state index contributed by atoms with van der Waals surface area (Å²) in [5, 5.41) is 3.21. The van der Waals surface area contributed by atoms with Gasteiger partial charge in [-0.2, -0.15) is 0 Å². The highest BCUT2D eigenvalue weighted by molar-refractivity contribution is 8.15. The fraction of sp³-hybridized carbons (Fsp3) is 0.100. The van der Waals surface area contributed by atoms with Crippen LogP contribution in [0.25, 0.3) is 0 Å². The normalized spacial score (nSPS) is 15.7. The summed E-state index contributed by atoms with van der Waals surface area (Å²) in [6, 6.07) is 27.0. The number of alkyl halides is 2. The first-order chi connectivity index (χ1) is 27.1. The van der Waals surface area contributed by atoms with E-state index in [-0.39, 0.29) is 16.7 Å². The molecule has 6 aromatic carbocycles. The molecular weight excluding hydrogens is 824 g/mol. The van der Waals surface area contributed by atoms with Crippen LogP contribution in [0.4, 0.5) is 43.9 Å². The smallest absolute Gasteiger partial charge is 0.311 e. The van der Waals surface area contributed by atoms with Gasteiger partial charge in [-0.05, 0) is 30.3 Å². The molecule has 2 nitrogen and oxygen atoms in total. The van der Waals surface area contributed by atoms with Crippen LogP contribution in [0.15, 0.2) is 97.1 Å². The zero-order valence-electron chi connectivity index (χ0n) is 30.0. The number of hydrogen-bond acceptors (Lipinski definition) is 1. The number of benzene rings is 6. The minimum atomic E-state index is -4.48. The predicted molar refractivity (Wildman–Crippen MR) is 208 cm³/mol. The molecule has 2 aliphatic rings. The summed E-state index contributed by atoms with van der Waals surface area (Å²) in [4.78, 5) is 0. The Balaban J connectivity index is 0.00000160. The zero-order valence-corrected chi connectivity index (χ0v) is 32.4. The first kappa shape index (κ1) is 40.7.